The third-order valence-electron chi connectivity index (χ3n) is 2.00. The molecule has 66 valence electrons. The topological polar surface area (TPSA) is 38.7 Å². The maximum absolute atomic E-state index is 4.33. The van der Waals surface area contributed by atoms with E-state index < -0.39 is 0 Å². The standard InChI is InChI=1S/C10H11N3/c1-7(2)9-3-10-8(5-12-9)4-11-6-13-10/h3-7H,1-2H3. The SMILES string of the molecule is CC(C)c1cc2ncncc2cn1. The highest BCUT2D eigenvalue weighted by Gasteiger charge is 2.02. The number of aromatic nitrogens is 3. The van der Waals surface area contributed by atoms with Crippen LogP contribution in [0.1, 0.15) is 25.5 Å². The maximum Gasteiger partial charge on any atom is 0.116 e. The first-order valence-corrected chi connectivity index (χ1v) is 4.33. The van der Waals surface area contributed by atoms with Crippen LogP contribution in [0.5, 0.6) is 0 Å². The third-order valence-corrected chi connectivity index (χ3v) is 2.00. The second-order valence-electron chi connectivity index (χ2n) is 3.35. The van der Waals surface area contributed by atoms with E-state index in [1.165, 1.54) is 0 Å². The Kier molecular flexibility index (Phi) is 1.93. The van der Waals surface area contributed by atoms with Gasteiger partial charge in [-0.25, -0.2) is 9.97 Å². The minimum atomic E-state index is 0.444. The summed E-state index contributed by atoms with van der Waals surface area (Å²) in [5, 5.41) is 0.993. The van der Waals surface area contributed by atoms with Crippen LogP contribution in [-0.4, -0.2) is 15.0 Å². The van der Waals surface area contributed by atoms with Crippen LogP contribution in [0.15, 0.2) is 24.8 Å². The molecule has 0 saturated heterocycles. The summed E-state index contributed by atoms with van der Waals surface area (Å²) in [4.78, 5) is 12.4. The Morgan fingerprint density at radius 2 is 2.00 bits per heavy atom. The van der Waals surface area contributed by atoms with E-state index >= 15 is 0 Å². The summed E-state index contributed by atoms with van der Waals surface area (Å²) in [5.74, 6) is 0.444. The van der Waals surface area contributed by atoms with Crippen molar-refractivity contribution in [2.45, 2.75) is 19.8 Å². The van der Waals surface area contributed by atoms with Gasteiger partial charge in [0.15, 0.2) is 0 Å². The van der Waals surface area contributed by atoms with Crippen LogP contribution in [0.25, 0.3) is 10.9 Å². The van der Waals surface area contributed by atoms with Gasteiger partial charge in [0.05, 0.1) is 5.52 Å². The van der Waals surface area contributed by atoms with Crippen LogP contribution >= 0.6 is 0 Å². The summed E-state index contributed by atoms with van der Waals surface area (Å²) in [6.45, 7) is 4.24. The molecule has 3 nitrogen and oxygen atoms in total. The van der Waals surface area contributed by atoms with E-state index in [1.807, 2.05) is 12.3 Å². The van der Waals surface area contributed by atoms with Crippen molar-refractivity contribution in [2.24, 2.45) is 0 Å². The Balaban J connectivity index is 2.62. The number of pyridine rings is 1. The minimum Gasteiger partial charge on any atom is -0.260 e. The van der Waals surface area contributed by atoms with E-state index in [9.17, 15) is 0 Å². The first-order chi connectivity index (χ1) is 6.27. The molecule has 0 saturated carbocycles. The molecule has 0 unspecified atom stereocenters. The number of nitrogens with zero attached hydrogens (tertiary/aromatic N) is 3. The van der Waals surface area contributed by atoms with Crippen LogP contribution in [0, 0.1) is 0 Å². The summed E-state index contributed by atoms with van der Waals surface area (Å²) in [6, 6.07) is 2.02. The van der Waals surface area contributed by atoms with Crippen molar-refractivity contribution in [1.82, 2.24) is 15.0 Å². The molecule has 0 atom stereocenters. The van der Waals surface area contributed by atoms with E-state index in [-0.39, 0.29) is 0 Å². The molecule has 13 heavy (non-hydrogen) atoms. The zero-order valence-electron chi connectivity index (χ0n) is 7.73. The second-order valence-corrected chi connectivity index (χ2v) is 3.35. The van der Waals surface area contributed by atoms with Crippen molar-refractivity contribution in [3.05, 3.63) is 30.5 Å². The van der Waals surface area contributed by atoms with Gasteiger partial charge >= 0.3 is 0 Å². The molecular weight excluding hydrogens is 162 g/mol. The van der Waals surface area contributed by atoms with Crippen LogP contribution in [-0.2, 0) is 0 Å². The van der Waals surface area contributed by atoms with Crippen molar-refractivity contribution in [3.8, 4) is 0 Å². The smallest absolute Gasteiger partial charge is 0.116 e. The molecule has 3 heteroatoms. The summed E-state index contributed by atoms with van der Waals surface area (Å²) in [7, 11) is 0. The number of hydrogen-bond acceptors (Lipinski definition) is 3. The molecule has 0 aliphatic heterocycles. The fraction of sp³-hybridized carbons (Fsp3) is 0.300. The lowest BCUT2D eigenvalue weighted by Gasteiger charge is -2.03. The molecule has 0 bridgehead atoms. The first-order valence-electron chi connectivity index (χ1n) is 4.33. The molecule has 2 heterocycles. The fourth-order valence-electron chi connectivity index (χ4n) is 1.21. The average molecular weight is 173 g/mol. The monoisotopic (exact) mass is 173 g/mol. The summed E-state index contributed by atoms with van der Waals surface area (Å²) in [5.41, 5.74) is 2.04. The highest BCUT2D eigenvalue weighted by molar-refractivity contribution is 5.76. The molecule has 2 aromatic heterocycles. The summed E-state index contributed by atoms with van der Waals surface area (Å²) in [6.07, 6.45) is 5.16. The van der Waals surface area contributed by atoms with Crippen LogP contribution in [0.2, 0.25) is 0 Å². The summed E-state index contributed by atoms with van der Waals surface area (Å²) >= 11 is 0. The van der Waals surface area contributed by atoms with E-state index in [1.54, 1.807) is 12.5 Å². The number of rotatable bonds is 1. The normalized spacial score (nSPS) is 11.0. The molecule has 2 rings (SSSR count). The minimum absolute atomic E-state index is 0.444. The van der Waals surface area contributed by atoms with Gasteiger partial charge in [-0.15, -0.1) is 0 Å². The maximum atomic E-state index is 4.33. The molecule has 0 radical (unpaired) electrons. The predicted molar refractivity (Wildman–Crippen MR) is 51.4 cm³/mol. The Hall–Kier alpha value is -1.51. The molecule has 0 spiro atoms. The van der Waals surface area contributed by atoms with Gasteiger partial charge in [-0.3, -0.25) is 4.98 Å². The van der Waals surface area contributed by atoms with Gasteiger partial charge in [0, 0.05) is 23.5 Å². The highest BCUT2D eigenvalue weighted by atomic mass is 14.8. The van der Waals surface area contributed by atoms with E-state index in [2.05, 4.69) is 28.8 Å². The fourth-order valence-corrected chi connectivity index (χ4v) is 1.21. The van der Waals surface area contributed by atoms with Crippen molar-refractivity contribution >= 4 is 10.9 Å². The van der Waals surface area contributed by atoms with Crippen LogP contribution < -0.4 is 0 Å². The Morgan fingerprint density at radius 3 is 2.77 bits per heavy atom. The van der Waals surface area contributed by atoms with Gasteiger partial charge in [-0.2, -0.15) is 0 Å². The van der Waals surface area contributed by atoms with Gasteiger partial charge in [0.1, 0.15) is 6.33 Å². The van der Waals surface area contributed by atoms with Gasteiger partial charge in [-0.1, -0.05) is 13.8 Å². The molecular formula is C10H11N3. The lowest BCUT2D eigenvalue weighted by Crippen LogP contribution is -1.92. The number of fused-ring (bicyclic) bond motifs is 1. The largest absolute Gasteiger partial charge is 0.260 e. The Bertz CT molecular complexity index is 423. The Labute approximate surface area is 76.9 Å². The van der Waals surface area contributed by atoms with E-state index in [4.69, 9.17) is 0 Å². The molecule has 0 aromatic carbocycles. The zero-order chi connectivity index (χ0) is 9.26. The molecule has 0 aliphatic rings. The molecule has 2 aromatic rings. The van der Waals surface area contributed by atoms with E-state index in [0.29, 0.717) is 5.92 Å². The van der Waals surface area contributed by atoms with Crippen molar-refractivity contribution in [1.29, 1.82) is 0 Å². The summed E-state index contributed by atoms with van der Waals surface area (Å²) < 4.78 is 0. The lowest BCUT2D eigenvalue weighted by molar-refractivity contribution is 0.825. The van der Waals surface area contributed by atoms with Gasteiger partial charge < -0.3 is 0 Å². The molecule has 0 fully saturated rings. The van der Waals surface area contributed by atoms with Crippen LogP contribution in [0.3, 0.4) is 0 Å². The zero-order valence-corrected chi connectivity index (χ0v) is 7.73. The first kappa shape index (κ1) is 8.10. The van der Waals surface area contributed by atoms with Gasteiger partial charge in [0.25, 0.3) is 0 Å². The van der Waals surface area contributed by atoms with Crippen LogP contribution in [0.4, 0.5) is 0 Å². The van der Waals surface area contributed by atoms with Gasteiger partial charge in [-0.05, 0) is 12.0 Å². The molecule has 0 amide bonds. The molecule has 0 aliphatic carbocycles. The lowest BCUT2D eigenvalue weighted by atomic mass is 10.1. The molecule has 0 N–H and O–H groups in total. The van der Waals surface area contributed by atoms with Crippen molar-refractivity contribution < 1.29 is 0 Å². The average Bonchev–Trinajstić information content (AvgIpc) is 2.17. The Morgan fingerprint density at radius 1 is 1.15 bits per heavy atom. The quantitative estimate of drug-likeness (QED) is 0.663. The van der Waals surface area contributed by atoms with Crippen molar-refractivity contribution in [3.63, 3.8) is 0 Å². The second kappa shape index (κ2) is 3.09. The highest BCUT2D eigenvalue weighted by Crippen LogP contribution is 2.15. The predicted octanol–water partition coefficient (Wildman–Crippen LogP) is 2.15. The number of hydrogen-bond donors (Lipinski definition) is 0. The third kappa shape index (κ3) is 1.49. The van der Waals surface area contributed by atoms with Gasteiger partial charge in [0.2, 0.25) is 0 Å². The van der Waals surface area contributed by atoms with E-state index in [0.717, 1.165) is 16.6 Å². The van der Waals surface area contributed by atoms with Crippen molar-refractivity contribution in [2.75, 3.05) is 0 Å².